The second kappa shape index (κ2) is 4.86. The van der Waals surface area contributed by atoms with E-state index in [-0.39, 0.29) is 5.75 Å². The van der Waals surface area contributed by atoms with E-state index in [2.05, 4.69) is 15.2 Å². The Morgan fingerprint density at radius 2 is 1.58 bits per heavy atom. The highest BCUT2D eigenvalue weighted by atomic mass is 16.3. The average molecular weight is 249 g/mol. The minimum atomic E-state index is 0.211. The molecule has 0 aliphatic heterocycles. The summed E-state index contributed by atoms with van der Waals surface area (Å²) in [6.07, 6.45) is 0. The van der Waals surface area contributed by atoms with Crippen molar-refractivity contribution in [3.05, 3.63) is 60.7 Å². The summed E-state index contributed by atoms with van der Waals surface area (Å²) in [5, 5.41) is 18.4. The molecule has 0 amide bonds. The van der Waals surface area contributed by atoms with E-state index in [1.165, 1.54) is 0 Å². The van der Waals surface area contributed by atoms with Crippen LogP contribution in [0.4, 0.5) is 11.5 Å². The first-order valence-electron chi connectivity index (χ1n) is 5.88. The number of phenols is 1. The molecule has 2 aromatic carbocycles. The van der Waals surface area contributed by atoms with Crippen LogP contribution in [0.25, 0.3) is 10.9 Å². The predicted octanol–water partition coefficient (Wildman–Crippen LogP) is 4.36. The van der Waals surface area contributed by atoms with E-state index >= 15 is 0 Å². The van der Waals surface area contributed by atoms with Gasteiger partial charge >= 0.3 is 0 Å². The van der Waals surface area contributed by atoms with Crippen molar-refractivity contribution in [3.63, 3.8) is 0 Å². The maximum Gasteiger partial charge on any atom is 0.174 e. The Kier molecular flexibility index (Phi) is 2.90. The first-order chi connectivity index (χ1) is 9.31. The molecule has 4 nitrogen and oxygen atoms in total. The summed E-state index contributed by atoms with van der Waals surface area (Å²) in [7, 11) is 0. The molecule has 1 heterocycles. The number of nitrogens with zero attached hydrogens (tertiary/aromatic N) is 3. The Morgan fingerprint density at radius 1 is 0.789 bits per heavy atom. The van der Waals surface area contributed by atoms with Gasteiger partial charge in [0.1, 0.15) is 5.75 Å². The first kappa shape index (κ1) is 11.3. The topological polar surface area (TPSA) is 57.8 Å². The molecule has 0 fully saturated rings. The minimum Gasteiger partial charge on any atom is -0.508 e. The van der Waals surface area contributed by atoms with Gasteiger partial charge < -0.3 is 5.11 Å². The van der Waals surface area contributed by atoms with Crippen LogP contribution in [0.15, 0.2) is 70.9 Å². The van der Waals surface area contributed by atoms with Crippen molar-refractivity contribution >= 4 is 22.4 Å². The molecule has 0 aliphatic rings. The first-order valence-corrected chi connectivity index (χ1v) is 5.88. The molecule has 3 rings (SSSR count). The van der Waals surface area contributed by atoms with Gasteiger partial charge in [0, 0.05) is 5.39 Å². The van der Waals surface area contributed by atoms with Crippen LogP contribution >= 0.6 is 0 Å². The molecular formula is C15H11N3O. The molecule has 0 unspecified atom stereocenters. The van der Waals surface area contributed by atoms with Crippen molar-refractivity contribution in [2.45, 2.75) is 0 Å². The summed E-state index contributed by atoms with van der Waals surface area (Å²) in [6.45, 7) is 0. The number of hydrogen-bond acceptors (Lipinski definition) is 4. The maximum absolute atomic E-state index is 9.18. The summed E-state index contributed by atoms with van der Waals surface area (Å²) in [5.41, 5.74) is 1.57. The molecular weight excluding hydrogens is 238 g/mol. The third kappa shape index (κ3) is 2.57. The van der Waals surface area contributed by atoms with Crippen LogP contribution in [0.5, 0.6) is 5.75 Å². The molecule has 1 aromatic heterocycles. The van der Waals surface area contributed by atoms with E-state index in [9.17, 15) is 5.11 Å². The molecule has 0 bridgehead atoms. The number of aromatic nitrogens is 1. The molecule has 19 heavy (non-hydrogen) atoms. The van der Waals surface area contributed by atoms with Gasteiger partial charge in [0.15, 0.2) is 5.82 Å². The second-order valence-electron chi connectivity index (χ2n) is 4.08. The van der Waals surface area contributed by atoms with Gasteiger partial charge in [0.05, 0.1) is 11.2 Å². The third-order valence-corrected chi connectivity index (χ3v) is 2.70. The molecule has 0 aliphatic carbocycles. The van der Waals surface area contributed by atoms with Gasteiger partial charge in [-0.3, -0.25) is 0 Å². The van der Waals surface area contributed by atoms with Gasteiger partial charge in [0.2, 0.25) is 0 Å². The Labute approximate surface area is 110 Å². The van der Waals surface area contributed by atoms with Gasteiger partial charge in [-0.2, -0.15) is 0 Å². The summed E-state index contributed by atoms with van der Waals surface area (Å²) in [5.74, 6) is 0.773. The number of hydrogen-bond donors (Lipinski definition) is 1. The number of phenolic OH excluding ortho intramolecular Hbond substituents is 1. The van der Waals surface area contributed by atoms with Crippen LogP contribution in [0.2, 0.25) is 0 Å². The van der Waals surface area contributed by atoms with Crippen molar-refractivity contribution in [2.24, 2.45) is 10.2 Å². The number of rotatable bonds is 2. The molecule has 0 atom stereocenters. The Hall–Kier alpha value is -2.75. The van der Waals surface area contributed by atoms with Crippen LogP contribution in [0, 0.1) is 0 Å². The summed E-state index contributed by atoms with van der Waals surface area (Å²) in [4.78, 5) is 4.40. The number of fused-ring (bicyclic) bond motifs is 1. The molecule has 4 heteroatoms. The predicted molar refractivity (Wildman–Crippen MR) is 74.0 cm³/mol. The van der Waals surface area contributed by atoms with Gasteiger partial charge in [-0.1, -0.05) is 18.2 Å². The number of pyridine rings is 1. The van der Waals surface area contributed by atoms with Crippen molar-refractivity contribution in [1.29, 1.82) is 0 Å². The monoisotopic (exact) mass is 249 g/mol. The summed E-state index contributed by atoms with van der Waals surface area (Å²) >= 11 is 0. The number of para-hydroxylation sites is 1. The molecule has 0 saturated carbocycles. The summed E-state index contributed by atoms with van der Waals surface area (Å²) < 4.78 is 0. The van der Waals surface area contributed by atoms with E-state index in [0.717, 1.165) is 10.9 Å². The molecule has 3 aromatic rings. The van der Waals surface area contributed by atoms with E-state index in [1.54, 1.807) is 24.3 Å². The lowest BCUT2D eigenvalue weighted by atomic mass is 10.2. The van der Waals surface area contributed by atoms with Crippen molar-refractivity contribution in [1.82, 2.24) is 4.98 Å². The van der Waals surface area contributed by atoms with Crippen molar-refractivity contribution < 1.29 is 5.11 Å². The van der Waals surface area contributed by atoms with Crippen LogP contribution in [0.3, 0.4) is 0 Å². The van der Waals surface area contributed by atoms with E-state index in [4.69, 9.17) is 0 Å². The molecule has 92 valence electrons. The van der Waals surface area contributed by atoms with Gasteiger partial charge in [-0.25, -0.2) is 4.98 Å². The highest BCUT2D eigenvalue weighted by molar-refractivity contribution is 5.79. The van der Waals surface area contributed by atoms with Crippen LogP contribution < -0.4 is 0 Å². The highest BCUT2D eigenvalue weighted by Crippen LogP contribution is 2.21. The van der Waals surface area contributed by atoms with Crippen LogP contribution in [0.1, 0.15) is 0 Å². The zero-order valence-electron chi connectivity index (χ0n) is 10.1. The highest BCUT2D eigenvalue weighted by Gasteiger charge is 1.96. The third-order valence-electron chi connectivity index (χ3n) is 2.70. The number of benzene rings is 2. The maximum atomic E-state index is 9.18. The molecule has 1 N–H and O–H groups in total. The second-order valence-corrected chi connectivity index (χ2v) is 4.08. The fourth-order valence-electron chi connectivity index (χ4n) is 1.74. The largest absolute Gasteiger partial charge is 0.508 e. The number of aromatic hydroxyl groups is 1. The minimum absolute atomic E-state index is 0.211. The Morgan fingerprint density at radius 3 is 2.42 bits per heavy atom. The van der Waals surface area contributed by atoms with Gasteiger partial charge in [-0.05, 0) is 42.5 Å². The zero-order chi connectivity index (χ0) is 13.1. The molecule has 0 spiro atoms. The van der Waals surface area contributed by atoms with Crippen LogP contribution in [-0.2, 0) is 0 Å². The van der Waals surface area contributed by atoms with E-state index in [1.807, 2.05) is 36.4 Å². The number of azo groups is 1. The van der Waals surface area contributed by atoms with E-state index in [0.29, 0.717) is 11.5 Å². The van der Waals surface area contributed by atoms with Crippen molar-refractivity contribution in [2.75, 3.05) is 0 Å². The molecule has 0 radical (unpaired) electrons. The summed E-state index contributed by atoms with van der Waals surface area (Å²) in [6, 6.07) is 18.2. The molecule has 0 saturated heterocycles. The van der Waals surface area contributed by atoms with Crippen LogP contribution in [-0.4, -0.2) is 10.1 Å². The lowest BCUT2D eigenvalue weighted by Gasteiger charge is -1.97. The zero-order valence-corrected chi connectivity index (χ0v) is 10.1. The lowest BCUT2D eigenvalue weighted by Crippen LogP contribution is -1.77. The Balaban J connectivity index is 1.90. The normalized spacial score (nSPS) is 11.2. The SMILES string of the molecule is Oc1ccc(N=Nc2ccc3ccccc3n2)cc1. The lowest BCUT2D eigenvalue weighted by molar-refractivity contribution is 0.475. The standard InChI is InChI=1S/C15H11N3O/c19-13-8-6-12(7-9-13)17-18-15-10-5-11-3-1-2-4-14(11)16-15/h1-10,19H. The van der Waals surface area contributed by atoms with E-state index < -0.39 is 0 Å². The quantitative estimate of drug-likeness (QED) is 0.686. The average Bonchev–Trinajstić information content (AvgIpc) is 2.46. The fourth-order valence-corrected chi connectivity index (χ4v) is 1.74. The fraction of sp³-hybridized carbons (Fsp3) is 0. The van der Waals surface area contributed by atoms with Gasteiger partial charge in [0.25, 0.3) is 0 Å². The Bertz CT molecular complexity index is 736. The van der Waals surface area contributed by atoms with Crippen molar-refractivity contribution in [3.8, 4) is 5.75 Å². The smallest absolute Gasteiger partial charge is 0.174 e. The van der Waals surface area contributed by atoms with Gasteiger partial charge in [-0.15, -0.1) is 10.2 Å².